The van der Waals surface area contributed by atoms with Gasteiger partial charge in [0, 0.05) is 41.1 Å². The normalized spacial score (nSPS) is 20.4. The first-order chi connectivity index (χ1) is 8.83. The summed E-state index contributed by atoms with van der Waals surface area (Å²) in [7, 11) is 0. The molecule has 1 aliphatic rings. The van der Waals surface area contributed by atoms with Gasteiger partial charge < -0.3 is 5.73 Å². The van der Waals surface area contributed by atoms with Crippen molar-refractivity contribution in [1.29, 1.82) is 0 Å². The minimum Gasteiger partial charge on any atom is -0.320 e. The Morgan fingerprint density at radius 1 is 1.56 bits per heavy atom. The van der Waals surface area contributed by atoms with Crippen LogP contribution in [-0.4, -0.2) is 35.5 Å². The second kappa shape index (κ2) is 7.20. The van der Waals surface area contributed by atoms with Gasteiger partial charge in [0.2, 0.25) is 0 Å². The maximum atomic E-state index is 5.43. The Morgan fingerprint density at radius 3 is 3.22 bits per heavy atom. The van der Waals surface area contributed by atoms with Crippen LogP contribution in [0, 0.1) is 11.8 Å². The second-order valence-electron chi connectivity index (χ2n) is 4.40. The molecule has 2 heterocycles. The molecule has 98 valence electrons. The zero-order valence-electron chi connectivity index (χ0n) is 10.8. The van der Waals surface area contributed by atoms with Gasteiger partial charge in [0.25, 0.3) is 0 Å². The van der Waals surface area contributed by atoms with Gasteiger partial charge in [-0.2, -0.15) is 11.8 Å². The smallest absolute Gasteiger partial charge is 0.0555 e. The fourth-order valence-electron chi connectivity index (χ4n) is 2.09. The first-order valence-corrected chi connectivity index (χ1v) is 8.35. The summed E-state index contributed by atoms with van der Waals surface area (Å²) in [6.45, 7) is 6.17. The van der Waals surface area contributed by atoms with Gasteiger partial charge >= 0.3 is 0 Å². The van der Waals surface area contributed by atoms with Crippen molar-refractivity contribution in [1.82, 2.24) is 4.90 Å². The van der Waals surface area contributed by atoms with E-state index >= 15 is 0 Å². The Morgan fingerprint density at radius 2 is 2.44 bits per heavy atom. The SMILES string of the molecule is CCC1CN(Cc2sccc2C#CCN)CCS1. The summed E-state index contributed by atoms with van der Waals surface area (Å²) in [6, 6.07) is 2.11. The van der Waals surface area contributed by atoms with Crippen LogP contribution in [-0.2, 0) is 6.54 Å². The van der Waals surface area contributed by atoms with Crippen LogP contribution in [0.1, 0.15) is 23.8 Å². The van der Waals surface area contributed by atoms with Crippen molar-refractivity contribution in [3.63, 3.8) is 0 Å². The van der Waals surface area contributed by atoms with E-state index < -0.39 is 0 Å². The lowest BCUT2D eigenvalue weighted by Crippen LogP contribution is -2.36. The van der Waals surface area contributed by atoms with Gasteiger partial charge in [0.1, 0.15) is 0 Å². The highest BCUT2D eigenvalue weighted by molar-refractivity contribution is 8.00. The van der Waals surface area contributed by atoms with Gasteiger partial charge in [0.15, 0.2) is 0 Å². The van der Waals surface area contributed by atoms with E-state index in [1.807, 2.05) is 11.3 Å². The maximum absolute atomic E-state index is 5.43. The van der Waals surface area contributed by atoms with Crippen molar-refractivity contribution in [2.45, 2.75) is 25.1 Å². The molecule has 2 rings (SSSR count). The van der Waals surface area contributed by atoms with E-state index in [2.05, 4.69) is 46.9 Å². The molecular formula is C14H20N2S2. The van der Waals surface area contributed by atoms with Crippen LogP contribution in [0.3, 0.4) is 0 Å². The molecule has 1 aliphatic heterocycles. The van der Waals surface area contributed by atoms with Crippen LogP contribution >= 0.6 is 23.1 Å². The van der Waals surface area contributed by atoms with Crippen molar-refractivity contribution in [3.05, 3.63) is 21.9 Å². The number of nitrogens with zero attached hydrogens (tertiary/aromatic N) is 1. The monoisotopic (exact) mass is 280 g/mol. The quantitative estimate of drug-likeness (QED) is 0.862. The zero-order chi connectivity index (χ0) is 12.8. The molecule has 1 unspecified atom stereocenters. The number of hydrogen-bond donors (Lipinski definition) is 1. The van der Waals surface area contributed by atoms with E-state index in [-0.39, 0.29) is 0 Å². The third-order valence-corrected chi connectivity index (χ3v) is 5.39. The Bertz CT molecular complexity index is 430. The van der Waals surface area contributed by atoms with Crippen molar-refractivity contribution in [2.75, 3.05) is 25.4 Å². The van der Waals surface area contributed by atoms with Gasteiger partial charge in [-0.05, 0) is 17.9 Å². The second-order valence-corrected chi connectivity index (χ2v) is 6.81. The van der Waals surface area contributed by atoms with Crippen LogP contribution in [0.15, 0.2) is 11.4 Å². The van der Waals surface area contributed by atoms with Crippen molar-refractivity contribution >= 4 is 23.1 Å². The molecular weight excluding hydrogens is 260 g/mol. The molecule has 1 saturated heterocycles. The number of thiophene rings is 1. The van der Waals surface area contributed by atoms with E-state index in [1.165, 1.54) is 30.1 Å². The molecule has 4 heteroatoms. The number of rotatable bonds is 3. The van der Waals surface area contributed by atoms with E-state index in [4.69, 9.17) is 5.73 Å². The molecule has 0 saturated carbocycles. The Hall–Kier alpha value is -0.470. The molecule has 1 aromatic rings. The molecule has 0 spiro atoms. The van der Waals surface area contributed by atoms with Crippen LogP contribution in [0.4, 0.5) is 0 Å². The molecule has 2 N–H and O–H groups in total. The lowest BCUT2D eigenvalue weighted by atomic mass is 10.2. The van der Waals surface area contributed by atoms with Gasteiger partial charge in [-0.3, -0.25) is 4.90 Å². The minimum atomic E-state index is 0.438. The summed E-state index contributed by atoms with van der Waals surface area (Å²) in [5.74, 6) is 7.38. The highest BCUT2D eigenvalue weighted by Crippen LogP contribution is 2.24. The molecule has 1 atom stereocenters. The van der Waals surface area contributed by atoms with Crippen molar-refractivity contribution < 1.29 is 0 Å². The summed E-state index contributed by atoms with van der Waals surface area (Å²) in [4.78, 5) is 3.95. The average molecular weight is 280 g/mol. The zero-order valence-corrected chi connectivity index (χ0v) is 12.4. The summed E-state index contributed by atoms with van der Waals surface area (Å²) in [5.41, 5.74) is 6.60. The van der Waals surface area contributed by atoms with Gasteiger partial charge in [-0.1, -0.05) is 18.8 Å². The standard InChI is InChI=1S/C14H20N2S2/c1-2-13-10-16(7-9-17-13)11-14-12(4-3-6-15)5-8-18-14/h5,8,13H,2,6-7,9-11,15H2,1H3. The molecule has 0 aliphatic carbocycles. The molecule has 1 aromatic heterocycles. The summed E-state index contributed by atoms with van der Waals surface area (Å²) in [5, 5.41) is 2.93. The van der Waals surface area contributed by atoms with Crippen molar-refractivity contribution in [2.24, 2.45) is 5.73 Å². The van der Waals surface area contributed by atoms with E-state index in [9.17, 15) is 0 Å². The predicted molar refractivity (Wildman–Crippen MR) is 82.1 cm³/mol. The Kier molecular flexibility index (Phi) is 5.58. The molecule has 1 fully saturated rings. The Labute approximate surface area is 118 Å². The van der Waals surface area contributed by atoms with Gasteiger partial charge in [-0.15, -0.1) is 11.3 Å². The predicted octanol–water partition coefficient (Wildman–Crippen LogP) is 2.39. The fourth-order valence-corrected chi connectivity index (χ4v) is 4.22. The number of nitrogens with two attached hydrogens (primary N) is 1. The highest BCUT2D eigenvalue weighted by Gasteiger charge is 2.19. The lowest BCUT2D eigenvalue weighted by molar-refractivity contribution is 0.275. The third kappa shape index (κ3) is 3.76. The summed E-state index contributed by atoms with van der Waals surface area (Å²) >= 11 is 3.93. The van der Waals surface area contributed by atoms with Crippen LogP contribution in [0.25, 0.3) is 0 Å². The summed E-state index contributed by atoms with van der Waals surface area (Å²) < 4.78 is 0. The molecule has 0 radical (unpaired) electrons. The van der Waals surface area contributed by atoms with Crippen LogP contribution in [0.5, 0.6) is 0 Å². The topological polar surface area (TPSA) is 29.3 Å². The number of hydrogen-bond acceptors (Lipinski definition) is 4. The molecule has 0 bridgehead atoms. The largest absolute Gasteiger partial charge is 0.320 e. The van der Waals surface area contributed by atoms with Crippen LogP contribution < -0.4 is 5.73 Å². The average Bonchev–Trinajstić information content (AvgIpc) is 2.84. The minimum absolute atomic E-state index is 0.438. The van der Waals surface area contributed by atoms with E-state index in [1.54, 1.807) is 0 Å². The fraction of sp³-hybridized carbons (Fsp3) is 0.571. The first-order valence-electron chi connectivity index (χ1n) is 6.42. The van der Waals surface area contributed by atoms with Crippen LogP contribution in [0.2, 0.25) is 0 Å². The first kappa shape index (κ1) is 14.0. The third-order valence-electron chi connectivity index (χ3n) is 3.12. The summed E-state index contributed by atoms with van der Waals surface area (Å²) in [6.07, 6.45) is 1.27. The molecule has 0 amide bonds. The van der Waals surface area contributed by atoms with E-state index in [0.29, 0.717) is 6.54 Å². The maximum Gasteiger partial charge on any atom is 0.0555 e. The van der Waals surface area contributed by atoms with Crippen molar-refractivity contribution in [3.8, 4) is 11.8 Å². The number of thioether (sulfide) groups is 1. The van der Waals surface area contributed by atoms with E-state index in [0.717, 1.165) is 17.4 Å². The van der Waals surface area contributed by atoms with Gasteiger partial charge in [0.05, 0.1) is 6.54 Å². The molecule has 18 heavy (non-hydrogen) atoms. The lowest BCUT2D eigenvalue weighted by Gasteiger charge is -2.31. The highest BCUT2D eigenvalue weighted by atomic mass is 32.2. The molecule has 0 aromatic carbocycles. The molecule has 2 nitrogen and oxygen atoms in total. The Balaban J connectivity index is 1.98. The van der Waals surface area contributed by atoms with Gasteiger partial charge in [-0.25, -0.2) is 0 Å².